The smallest absolute Gasteiger partial charge is 0.0256 e. The van der Waals surface area contributed by atoms with E-state index in [-0.39, 0.29) is 0 Å². The van der Waals surface area contributed by atoms with Gasteiger partial charge in [0.2, 0.25) is 0 Å². The summed E-state index contributed by atoms with van der Waals surface area (Å²) in [5.41, 5.74) is 10.4. The first-order chi connectivity index (χ1) is 17.2. The van der Waals surface area contributed by atoms with Crippen molar-refractivity contribution in [3.8, 4) is 33.4 Å². The van der Waals surface area contributed by atoms with Crippen molar-refractivity contribution in [3.63, 3.8) is 0 Å². The molecule has 0 saturated heterocycles. The molecule has 0 atom stereocenters. The predicted molar refractivity (Wildman–Crippen MR) is 157 cm³/mol. The number of rotatable bonds is 11. The van der Waals surface area contributed by atoms with Gasteiger partial charge in [-0.1, -0.05) is 134 Å². The van der Waals surface area contributed by atoms with E-state index in [1.807, 2.05) is 0 Å². The van der Waals surface area contributed by atoms with Crippen LogP contribution in [0.15, 0.2) is 95.5 Å². The van der Waals surface area contributed by atoms with E-state index in [1.54, 1.807) is 0 Å². The summed E-state index contributed by atoms with van der Waals surface area (Å²) >= 11 is 3.90. The topological polar surface area (TPSA) is 0 Å². The summed E-state index contributed by atoms with van der Waals surface area (Å²) in [4.78, 5) is 0. The van der Waals surface area contributed by atoms with E-state index in [2.05, 4.69) is 121 Å². The van der Waals surface area contributed by atoms with Gasteiger partial charge in [-0.15, -0.1) is 0 Å². The number of hydrogen-bond donors (Lipinski definition) is 0. The van der Waals surface area contributed by atoms with E-state index < -0.39 is 0 Å². The van der Waals surface area contributed by atoms with Crippen LogP contribution in [0.4, 0.5) is 0 Å². The molecule has 0 nitrogen and oxygen atoms in total. The molecule has 4 aromatic rings. The lowest BCUT2D eigenvalue weighted by molar-refractivity contribution is 0.717. The maximum Gasteiger partial charge on any atom is 0.0256 e. The van der Waals surface area contributed by atoms with Gasteiger partial charge in [-0.2, -0.15) is 0 Å². The molecule has 0 N–H and O–H groups in total. The fraction of sp³-hybridized carbons (Fsp3) is 0.294. The molecule has 0 heterocycles. The monoisotopic (exact) mass is 524 g/mol. The zero-order chi connectivity index (χ0) is 24.5. The van der Waals surface area contributed by atoms with E-state index in [4.69, 9.17) is 0 Å². The highest BCUT2D eigenvalue weighted by Gasteiger charge is 2.13. The molecule has 0 bridgehead atoms. The molecule has 180 valence electrons. The van der Waals surface area contributed by atoms with Gasteiger partial charge >= 0.3 is 0 Å². The molecule has 35 heavy (non-hydrogen) atoms. The van der Waals surface area contributed by atoms with Crippen LogP contribution in [0.5, 0.6) is 0 Å². The van der Waals surface area contributed by atoms with E-state index in [9.17, 15) is 0 Å². The fourth-order valence-corrected chi connectivity index (χ4v) is 5.41. The van der Waals surface area contributed by atoms with Crippen molar-refractivity contribution in [1.82, 2.24) is 0 Å². The van der Waals surface area contributed by atoms with Gasteiger partial charge < -0.3 is 0 Å². The standard InChI is InChI=1S/C34H37Br/c1-3-5-8-12-26-16-19-28(20-17-26)30-21-23-31(33(25-30)29-14-10-7-11-15-29)32-22-18-27(24-34(32)35)13-9-6-4-2/h7,10-11,14-25H,3-6,8-9,12-13H2,1-2H3. The van der Waals surface area contributed by atoms with Crippen LogP contribution in [0, 0.1) is 0 Å². The fourth-order valence-electron chi connectivity index (χ4n) is 4.77. The molecule has 1 heteroatoms. The lowest BCUT2D eigenvalue weighted by atomic mass is 9.90. The second-order valence-electron chi connectivity index (χ2n) is 9.55. The largest absolute Gasteiger partial charge is 0.0654 e. The highest BCUT2D eigenvalue weighted by atomic mass is 79.9. The first-order valence-corrected chi connectivity index (χ1v) is 14.1. The zero-order valence-electron chi connectivity index (χ0n) is 21.2. The van der Waals surface area contributed by atoms with Crippen molar-refractivity contribution in [1.29, 1.82) is 0 Å². The van der Waals surface area contributed by atoms with E-state index in [1.165, 1.54) is 93.9 Å². The average Bonchev–Trinajstić information content (AvgIpc) is 2.90. The Hall–Kier alpha value is -2.64. The third kappa shape index (κ3) is 6.73. The molecular weight excluding hydrogens is 488 g/mol. The van der Waals surface area contributed by atoms with E-state index >= 15 is 0 Å². The normalized spacial score (nSPS) is 11.1. The third-order valence-corrected chi connectivity index (χ3v) is 7.51. The highest BCUT2D eigenvalue weighted by molar-refractivity contribution is 9.10. The highest BCUT2D eigenvalue weighted by Crippen LogP contribution is 2.39. The first-order valence-electron chi connectivity index (χ1n) is 13.3. The molecule has 0 fully saturated rings. The Labute approximate surface area is 220 Å². The Kier molecular flexibility index (Phi) is 9.37. The number of benzene rings is 4. The summed E-state index contributed by atoms with van der Waals surface area (Å²) in [7, 11) is 0. The molecule has 0 aliphatic heterocycles. The predicted octanol–water partition coefficient (Wildman–Crippen LogP) is 10.9. The second kappa shape index (κ2) is 12.9. The number of aryl methyl sites for hydroxylation is 2. The molecule has 4 rings (SSSR count). The van der Waals surface area contributed by atoms with Gasteiger partial charge in [0.05, 0.1) is 0 Å². The lowest BCUT2D eigenvalue weighted by Gasteiger charge is -2.15. The molecule has 0 radical (unpaired) electrons. The molecule has 0 aliphatic rings. The summed E-state index contributed by atoms with van der Waals surface area (Å²) in [6.07, 6.45) is 9.96. The second-order valence-corrected chi connectivity index (χ2v) is 10.4. The van der Waals surface area contributed by atoms with Crippen molar-refractivity contribution in [2.24, 2.45) is 0 Å². The van der Waals surface area contributed by atoms with Crippen LogP contribution in [0.2, 0.25) is 0 Å². The molecular formula is C34H37Br. The number of hydrogen-bond acceptors (Lipinski definition) is 0. The lowest BCUT2D eigenvalue weighted by Crippen LogP contribution is -1.91. The summed E-state index contributed by atoms with van der Waals surface area (Å²) in [6, 6.07) is 33.8. The summed E-state index contributed by atoms with van der Waals surface area (Å²) in [6.45, 7) is 4.52. The maximum absolute atomic E-state index is 3.90. The molecule has 0 aromatic heterocycles. The third-order valence-electron chi connectivity index (χ3n) is 6.85. The quantitative estimate of drug-likeness (QED) is 0.171. The van der Waals surface area contributed by atoms with Crippen LogP contribution < -0.4 is 0 Å². The van der Waals surface area contributed by atoms with Gasteiger partial charge in [0.1, 0.15) is 0 Å². The number of halogens is 1. The average molecular weight is 526 g/mol. The minimum atomic E-state index is 1.14. The minimum Gasteiger partial charge on any atom is -0.0654 e. The van der Waals surface area contributed by atoms with Crippen LogP contribution in [0.1, 0.15) is 63.5 Å². The van der Waals surface area contributed by atoms with Crippen molar-refractivity contribution in [2.75, 3.05) is 0 Å². The first kappa shape index (κ1) is 25.5. The molecule has 0 saturated carbocycles. The van der Waals surface area contributed by atoms with Crippen molar-refractivity contribution >= 4 is 15.9 Å². The van der Waals surface area contributed by atoms with Crippen LogP contribution >= 0.6 is 15.9 Å². The van der Waals surface area contributed by atoms with Crippen LogP contribution in [0.25, 0.3) is 33.4 Å². The van der Waals surface area contributed by atoms with Crippen LogP contribution in [0.3, 0.4) is 0 Å². The molecule has 0 amide bonds. The Morgan fingerprint density at radius 2 is 1.09 bits per heavy atom. The van der Waals surface area contributed by atoms with Gasteiger partial charge in [-0.25, -0.2) is 0 Å². The van der Waals surface area contributed by atoms with Crippen LogP contribution in [-0.4, -0.2) is 0 Å². The zero-order valence-corrected chi connectivity index (χ0v) is 22.8. The Morgan fingerprint density at radius 1 is 0.486 bits per heavy atom. The Morgan fingerprint density at radius 3 is 1.74 bits per heavy atom. The molecule has 0 unspecified atom stereocenters. The summed E-state index contributed by atoms with van der Waals surface area (Å²) in [5.74, 6) is 0. The van der Waals surface area contributed by atoms with Gasteiger partial charge in [0.25, 0.3) is 0 Å². The van der Waals surface area contributed by atoms with Crippen molar-refractivity contribution in [2.45, 2.75) is 65.2 Å². The van der Waals surface area contributed by atoms with Crippen LogP contribution in [-0.2, 0) is 12.8 Å². The Bertz CT molecular complexity index is 1210. The van der Waals surface area contributed by atoms with Gasteiger partial charge in [-0.3, -0.25) is 0 Å². The van der Waals surface area contributed by atoms with Crippen molar-refractivity contribution in [3.05, 3.63) is 107 Å². The van der Waals surface area contributed by atoms with Gasteiger partial charge in [-0.05, 0) is 82.3 Å². The number of unbranched alkanes of at least 4 members (excludes halogenated alkanes) is 4. The van der Waals surface area contributed by atoms with E-state index in [0.717, 1.165) is 6.42 Å². The summed E-state index contributed by atoms with van der Waals surface area (Å²) < 4.78 is 1.17. The Balaban J connectivity index is 1.68. The SMILES string of the molecule is CCCCCc1ccc(-c2ccc(-c3ccc(CCCCC)cc3Br)c(-c3ccccc3)c2)cc1. The molecule has 0 aliphatic carbocycles. The summed E-state index contributed by atoms with van der Waals surface area (Å²) in [5, 5.41) is 0. The van der Waals surface area contributed by atoms with Gasteiger partial charge in [0, 0.05) is 4.47 Å². The molecule has 0 spiro atoms. The molecule has 4 aromatic carbocycles. The van der Waals surface area contributed by atoms with Gasteiger partial charge in [0.15, 0.2) is 0 Å². The van der Waals surface area contributed by atoms with E-state index in [0.29, 0.717) is 0 Å². The maximum atomic E-state index is 3.90. The van der Waals surface area contributed by atoms with Crippen molar-refractivity contribution < 1.29 is 0 Å². The minimum absolute atomic E-state index is 1.14.